The Bertz CT molecular complexity index is 894. The minimum atomic E-state index is -0.304. The SMILES string of the molecule is CC(c1ccccc1F)N(C(=O)CCC1Cc2ccccc2NC1=O)C1CC1. The van der Waals surface area contributed by atoms with E-state index in [9.17, 15) is 14.0 Å². The first kappa shape index (κ1) is 18.7. The van der Waals surface area contributed by atoms with Gasteiger partial charge in [-0.05, 0) is 50.3 Å². The minimum Gasteiger partial charge on any atom is -0.333 e. The van der Waals surface area contributed by atoms with Crippen LogP contribution in [0.5, 0.6) is 0 Å². The largest absolute Gasteiger partial charge is 0.333 e. The maximum absolute atomic E-state index is 14.2. The lowest BCUT2D eigenvalue weighted by Gasteiger charge is -2.31. The van der Waals surface area contributed by atoms with E-state index in [1.807, 2.05) is 36.1 Å². The van der Waals surface area contributed by atoms with Crippen LogP contribution in [0.1, 0.15) is 49.8 Å². The summed E-state index contributed by atoms with van der Waals surface area (Å²) in [4.78, 5) is 27.2. The van der Waals surface area contributed by atoms with Crippen LogP contribution in [0, 0.1) is 11.7 Å². The van der Waals surface area contributed by atoms with Crippen LogP contribution in [0.3, 0.4) is 0 Å². The summed E-state index contributed by atoms with van der Waals surface area (Å²) in [5, 5.41) is 2.94. The molecule has 146 valence electrons. The number of nitrogens with one attached hydrogen (secondary N) is 1. The van der Waals surface area contributed by atoms with E-state index in [1.165, 1.54) is 6.07 Å². The molecular formula is C23H25FN2O2. The summed E-state index contributed by atoms with van der Waals surface area (Å²) >= 11 is 0. The lowest BCUT2D eigenvalue weighted by Crippen LogP contribution is -2.37. The Morgan fingerprint density at radius 2 is 1.89 bits per heavy atom. The van der Waals surface area contributed by atoms with E-state index in [2.05, 4.69) is 5.32 Å². The summed E-state index contributed by atoms with van der Waals surface area (Å²) in [5.74, 6) is -0.503. The van der Waals surface area contributed by atoms with Crippen molar-refractivity contribution in [2.24, 2.45) is 5.92 Å². The van der Waals surface area contributed by atoms with Gasteiger partial charge in [0.25, 0.3) is 0 Å². The molecule has 2 amide bonds. The van der Waals surface area contributed by atoms with Crippen LogP contribution in [-0.2, 0) is 16.0 Å². The van der Waals surface area contributed by atoms with Gasteiger partial charge < -0.3 is 10.2 Å². The van der Waals surface area contributed by atoms with Crippen LogP contribution < -0.4 is 5.32 Å². The number of amides is 2. The third-order valence-corrected chi connectivity index (χ3v) is 5.82. The van der Waals surface area contributed by atoms with E-state index < -0.39 is 0 Å². The third-order valence-electron chi connectivity index (χ3n) is 5.82. The molecule has 28 heavy (non-hydrogen) atoms. The van der Waals surface area contributed by atoms with Crippen LogP contribution in [0.15, 0.2) is 48.5 Å². The van der Waals surface area contributed by atoms with E-state index in [-0.39, 0.29) is 35.6 Å². The molecule has 0 aromatic heterocycles. The number of carbonyl (C=O) groups excluding carboxylic acids is 2. The number of anilines is 1. The number of rotatable bonds is 6. The zero-order valence-electron chi connectivity index (χ0n) is 16.0. The number of halogens is 1. The monoisotopic (exact) mass is 380 g/mol. The van der Waals surface area contributed by atoms with Gasteiger partial charge in [0.05, 0.1) is 6.04 Å². The molecule has 2 aliphatic rings. The van der Waals surface area contributed by atoms with Gasteiger partial charge in [0.2, 0.25) is 11.8 Å². The van der Waals surface area contributed by atoms with Gasteiger partial charge in [0, 0.05) is 29.6 Å². The Morgan fingerprint density at radius 1 is 1.18 bits per heavy atom. The molecule has 1 saturated carbocycles. The highest BCUT2D eigenvalue weighted by Crippen LogP contribution is 2.36. The molecule has 0 spiro atoms. The molecule has 4 rings (SSSR count). The second-order valence-corrected chi connectivity index (χ2v) is 7.82. The van der Waals surface area contributed by atoms with Crippen molar-refractivity contribution in [3.63, 3.8) is 0 Å². The van der Waals surface area contributed by atoms with E-state index >= 15 is 0 Å². The Labute approximate surface area is 164 Å². The van der Waals surface area contributed by atoms with Gasteiger partial charge in [0.15, 0.2) is 0 Å². The molecule has 2 aromatic carbocycles. The van der Waals surface area contributed by atoms with Crippen molar-refractivity contribution in [3.8, 4) is 0 Å². The second kappa shape index (κ2) is 7.74. The van der Waals surface area contributed by atoms with Gasteiger partial charge in [-0.15, -0.1) is 0 Å². The maximum Gasteiger partial charge on any atom is 0.227 e. The highest BCUT2D eigenvalue weighted by Gasteiger charge is 2.37. The fraction of sp³-hybridized carbons (Fsp3) is 0.391. The zero-order chi connectivity index (χ0) is 19.7. The van der Waals surface area contributed by atoms with Crippen molar-refractivity contribution in [2.75, 3.05) is 5.32 Å². The molecule has 0 saturated heterocycles. The Kier molecular flexibility index (Phi) is 5.16. The van der Waals surface area contributed by atoms with Crippen LogP contribution in [0.2, 0.25) is 0 Å². The number of benzene rings is 2. The number of carbonyl (C=O) groups is 2. The predicted octanol–water partition coefficient (Wildman–Crippen LogP) is 4.47. The summed E-state index contributed by atoms with van der Waals surface area (Å²) in [6.07, 6.45) is 3.38. The average Bonchev–Trinajstić information content (AvgIpc) is 3.51. The molecule has 1 aliphatic heterocycles. The highest BCUT2D eigenvalue weighted by atomic mass is 19.1. The van der Waals surface area contributed by atoms with Crippen LogP contribution in [-0.4, -0.2) is 22.8 Å². The lowest BCUT2D eigenvalue weighted by atomic mass is 9.89. The molecule has 1 N–H and O–H groups in total. The zero-order valence-corrected chi connectivity index (χ0v) is 16.0. The first-order valence-corrected chi connectivity index (χ1v) is 9.99. The van der Waals surface area contributed by atoms with Gasteiger partial charge in [-0.2, -0.15) is 0 Å². The van der Waals surface area contributed by atoms with Crippen molar-refractivity contribution >= 4 is 17.5 Å². The average molecular weight is 380 g/mol. The van der Waals surface area contributed by atoms with Gasteiger partial charge in [-0.25, -0.2) is 4.39 Å². The highest BCUT2D eigenvalue weighted by molar-refractivity contribution is 5.96. The molecule has 1 heterocycles. The molecule has 2 unspecified atom stereocenters. The van der Waals surface area contributed by atoms with Crippen molar-refractivity contribution < 1.29 is 14.0 Å². The Morgan fingerprint density at radius 3 is 2.64 bits per heavy atom. The molecule has 2 aromatic rings. The summed E-state index contributed by atoms with van der Waals surface area (Å²) in [5.41, 5.74) is 2.52. The number of fused-ring (bicyclic) bond motifs is 1. The number of hydrogen-bond donors (Lipinski definition) is 1. The van der Waals surface area contributed by atoms with Gasteiger partial charge >= 0.3 is 0 Å². The first-order chi connectivity index (χ1) is 13.5. The van der Waals surface area contributed by atoms with E-state index in [0.717, 1.165) is 24.1 Å². The predicted molar refractivity (Wildman–Crippen MR) is 106 cm³/mol. The smallest absolute Gasteiger partial charge is 0.227 e. The topological polar surface area (TPSA) is 49.4 Å². The van der Waals surface area contributed by atoms with E-state index in [4.69, 9.17) is 0 Å². The van der Waals surface area contributed by atoms with Crippen molar-refractivity contribution in [2.45, 2.75) is 51.1 Å². The first-order valence-electron chi connectivity index (χ1n) is 9.99. The van der Waals surface area contributed by atoms with Crippen LogP contribution in [0.4, 0.5) is 10.1 Å². The van der Waals surface area contributed by atoms with Crippen molar-refractivity contribution in [1.82, 2.24) is 4.90 Å². The van der Waals surface area contributed by atoms with Crippen molar-refractivity contribution in [3.05, 3.63) is 65.5 Å². The Balaban J connectivity index is 1.43. The third kappa shape index (κ3) is 3.79. The molecule has 0 bridgehead atoms. The van der Waals surface area contributed by atoms with E-state index in [0.29, 0.717) is 24.8 Å². The normalized spacial score (nSPS) is 19.5. The summed E-state index contributed by atoms with van der Waals surface area (Å²) in [7, 11) is 0. The summed E-state index contributed by atoms with van der Waals surface area (Å²) in [6, 6.07) is 14.3. The van der Waals surface area contributed by atoms with Crippen LogP contribution in [0.25, 0.3) is 0 Å². The number of nitrogens with zero attached hydrogens (tertiary/aromatic N) is 1. The fourth-order valence-corrected chi connectivity index (χ4v) is 4.13. The van der Waals surface area contributed by atoms with E-state index in [1.54, 1.807) is 18.2 Å². The Hall–Kier alpha value is -2.69. The van der Waals surface area contributed by atoms with Gasteiger partial charge in [-0.1, -0.05) is 36.4 Å². The van der Waals surface area contributed by atoms with Crippen LogP contribution >= 0.6 is 0 Å². The van der Waals surface area contributed by atoms with Gasteiger partial charge in [-0.3, -0.25) is 9.59 Å². The molecule has 2 atom stereocenters. The summed E-state index contributed by atoms with van der Waals surface area (Å²) in [6.45, 7) is 1.89. The number of para-hydroxylation sites is 1. The summed E-state index contributed by atoms with van der Waals surface area (Å²) < 4.78 is 14.2. The maximum atomic E-state index is 14.2. The quantitative estimate of drug-likeness (QED) is 0.804. The fourth-order valence-electron chi connectivity index (χ4n) is 4.13. The van der Waals surface area contributed by atoms with Gasteiger partial charge in [0.1, 0.15) is 5.82 Å². The van der Waals surface area contributed by atoms with Crippen molar-refractivity contribution in [1.29, 1.82) is 0 Å². The second-order valence-electron chi connectivity index (χ2n) is 7.82. The molecule has 1 fully saturated rings. The molecule has 0 radical (unpaired) electrons. The lowest BCUT2D eigenvalue weighted by molar-refractivity contribution is -0.134. The minimum absolute atomic E-state index is 0.00455. The standard InChI is InChI=1S/C23H25FN2O2/c1-15(19-7-3-4-8-20(19)24)26(18-11-12-18)22(27)13-10-17-14-16-6-2-5-9-21(16)25-23(17)28/h2-9,15,17-18H,10-14H2,1H3,(H,25,28). The molecule has 4 nitrogen and oxygen atoms in total. The molecular weight excluding hydrogens is 355 g/mol. The molecule has 1 aliphatic carbocycles. The number of hydrogen-bond acceptors (Lipinski definition) is 2. The molecule has 5 heteroatoms.